The summed E-state index contributed by atoms with van der Waals surface area (Å²) in [4.78, 5) is 17.0. The molecule has 0 aliphatic heterocycles. The predicted octanol–water partition coefficient (Wildman–Crippen LogP) is 4.16. The summed E-state index contributed by atoms with van der Waals surface area (Å²) in [6.07, 6.45) is -4.78. The van der Waals surface area contributed by atoms with Crippen molar-refractivity contribution in [1.29, 1.82) is 0 Å². The number of phenolic OH excluding ortho intramolecular Hbond substituents is 1. The molecule has 0 saturated heterocycles. The first kappa shape index (κ1) is 19.6. The Morgan fingerprint density at radius 1 is 1.10 bits per heavy atom. The number of halogens is 4. The predicted molar refractivity (Wildman–Crippen MR) is 98.3 cm³/mol. The van der Waals surface area contributed by atoms with Crippen molar-refractivity contribution >= 4 is 11.1 Å². The van der Waals surface area contributed by atoms with Gasteiger partial charge in [-0.3, -0.25) is 9.36 Å². The van der Waals surface area contributed by atoms with E-state index in [-0.39, 0.29) is 30.1 Å². The van der Waals surface area contributed by atoms with Gasteiger partial charge in [-0.15, -0.1) is 0 Å². The summed E-state index contributed by atoms with van der Waals surface area (Å²) in [7, 11) is 0. The van der Waals surface area contributed by atoms with Crippen molar-refractivity contribution in [2.24, 2.45) is 0 Å². The highest BCUT2D eigenvalue weighted by Crippen LogP contribution is 2.34. The van der Waals surface area contributed by atoms with Gasteiger partial charge in [0.1, 0.15) is 17.0 Å². The van der Waals surface area contributed by atoms with Crippen LogP contribution in [0.15, 0.2) is 57.8 Å². The van der Waals surface area contributed by atoms with Gasteiger partial charge in [0.05, 0.1) is 5.56 Å². The normalized spacial score (nSPS) is 11.9. The van der Waals surface area contributed by atoms with Gasteiger partial charge in [0.15, 0.2) is 5.82 Å². The molecule has 0 bridgehead atoms. The summed E-state index contributed by atoms with van der Waals surface area (Å²) in [6.45, 7) is -0.114. The lowest BCUT2D eigenvalue weighted by Gasteiger charge is -2.13. The molecule has 0 aliphatic carbocycles. The monoisotopic (exact) mass is 419 g/mol. The number of nitrogens with zero attached hydrogens (tertiary/aromatic N) is 3. The van der Waals surface area contributed by atoms with Crippen LogP contribution in [0.1, 0.15) is 11.3 Å². The molecule has 0 atom stereocenters. The Morgan fingerprint density at radius 2 is 1.87 bits per heavy atom. The SMILES string of the molecule is O=c1c2c(C(F)(F)F)noc2nc(-c2ccccc2O)n1CCc1cccc(F)c1. The number of rotatable bonds is 4. The molecule has 4 rings (SSSR count). The van der Waals surface area contributed by atoms with Crippen molar-refractivity contribution in [1.82, 2.24) is 14.7 Å². The summed E-state index contributed by atoms with van der Waals surface area (Å²) >= 11 is 0. The average molecular weight is 419 g/mol. The number of aromatic hydroxyl groups is 1. The molecule has 0 saturated carbocycles. The second-order valence-corrected chi connectivity index (χ2v) is 6.50. The Bertz CT molecular complexity index is 1290. The molecule has 0 aliphatic rings. The smallest absolute Gasteiger partial charge is 0.437 e. The molecule has 4 aromatic rings. The molecule has 0 fully saturated rings. The van der Waals surface area contributed by atoms with Crippen LogP contribution >= 0.6 is 0 Å². The van der Waals surface area contributed by atoms with Gasteiger partial charge in [0.25, 0.3) is 11.3 Å². The fourth-order valence-corrected chi connectivity index (χ4v) is 3.14. The van der Waals surface area contributed by atoms with Gasteiger partial charge < -0.3 is 9.63 Å². The Kier molecular flexibility index (Phi) is 4.76. The zero-order valence-electron chi connectivity index (χ0n) is 15.2. The maximum Gasteiger partial charge on any atom is 0.437 e. The second-order valence-electron chi connectivity index (χ2n) is 6.50. The molecular formula is C20H13F4N3O3. The Hall–Kier alpha value is -3.69. The second kappa shape index (κ2) is 7.29. The fraction of sp³-hybridized carbons (Fsp3) is 0.150. The number of para-hydroxylation sites is 1. The summed E-state index contributed by atoms with van der Waals surface area (Å²) in [5.74, 6) is -0.793. The molecule has 0 spiro atoms. The highest BCUT2D eigenvalue weighted by Gasteiger charge is 2.39. The minimum atomic E-state index is -4.91. The summed E-state index contributed by atoms with van der Waals surface area (Å²) < 4.78 is 58.9. The average Bonchev–Trinajstić information content (AvgIpc) is 3.12. The molecule has 0 unspecified atom stereocenters. The molecule has 0 amide bonds. The Morgan fingerprint density at radius 3 is 2.57 bits per heavy atom. The molecule has 0 radical (unpaired) electrons. The van der Waals surface area contributed by atoms with Gasteiger partial charge in [-0.1, -0.05) is 29.4 Å². The van der Waals surface area contributed by atoms with Crippen LogP contribution in [0.25, 0.3) is 22.5 Å². The first-order chi connectivity index (χ1) is 14.3. The molecular weight excluding hydrogens is 406 g/mol. The molecule has 2 aromatic heterocycles. The third-order valence-corrected chi connectivity index (χ3v) is 4.52. The number of hydrogen-bond donors (Lipinski definition) is 1. The number of aromatic nitrogens is 3. The first-order valence-corrected chi connectivity index (χ1v) is 8.76. The van der Waals surface area contributed by atoms with Crippen molar-refractivity contribution in [3.63, 3.8) is 0 Å². The first-order valence-electron chi connectivity index (χ1n) is 8.76. The van der Waals surface area contributed by atoms with E-state index in [1.807, 2.05) is 0 Å². The molecule has 30 heavy (non-hydrogen) atoms. The van der Waals surface area contributed by atoms with Gasteiger partial charge >= 0.3 is 6.18 Å². The lowest BCUT2D eigenvalue weighted by Crippen LogP contribution is -2.26. The van der Waals surface area contributed by atoms with Crippen LogP contribution in [0, 0.1) is 5.82 Å². The van der Waals surface area contributed by atoms with Gasteiger partial charge in [-0.05, 0) is 36.2 Å². The quantitative estimate of drug-likeness (QED) is 0.503. The molecule has 154 valence electrons. The maximum atomic E-state index is 13.5. The van der Waals surface area contributed by atoms with Crippen LogP contribution in [0.3, 0.4) is 0 Å². The zero-order valence-corrected chi connectivity index (χ0v) is 15.2. The largest absolute Gasteiger partial charge is 0.507 e. The van der Waals surface area contributed by atoms with Gasteiger partial charge in [0.2, 0.25) is 5.69 Å². The van der Waals surface area contributed by atoms with E-state index in [0.29, 0.717) is 5.56 Å². The van der Waals surface area contributed by atoms with Gasteiger partial charge in [-0.2, -0.15) is 18.2 Å². The molecule has 2 aromatic carbocycles. The van der Waals surface area contributed by atoms with E-state index in [1.54, 1.807) is 18.2 Å². The van der Waals surface area contributed by atoms with Crippen molar-refractivity contribution in [3.8, 4) is 17.1 Å². The molecule has 10 heteroatoms. The third-order valence-electron chi connectivity index (χ3n) is 4.52. The van der Waals surface area contributed by atoms with Crippen LogP contribution in [0.5, 0.6) is 5.75 Å². The van der Waals surface area contributed by atoms with E-state index < -0.39 is 34.3 Å². The van der Waals surface area contributed by atoms with Crippen LogP contribution in [0.4, 0.5) is 17.6 Å². The number of fused-ring (bicyclic) bond motifs is 1. The van der Waals surface area contributed by atoms with Crippen molar-refractivity contribution in [2.75, 3.05) is 0 Å². The van der Waals surface area contributed by atoms with Crippen LogP contribution < -0.4 is 5.56 Å². The molecule has 6 nitrogen and oxygen atoms in total. The third kappa shape index (κ3) is 3.51. The molecule has 2 heterocycles. The number of alkyl halides is 3. The zero-order chi connectivity index (χ0) is 21.5. The van der Waals surface area contributed by atoms with Crippen molar-refractivity contribution < 1.29 is 27.2 Å². The van der Waals surface area contributed by atoms with Crippen LogP contribution in [-0.2, 0) is 19.1 Å². The summed E-state index contributed by atoms with van der Waals surface area (Å²) in [5, 5.41) is 12.3. The van der Waals surface area contributed by atoms with Crippen LogP contribution in [0.2, 0.25) is 0 Å². The van der Waals surface area contributed by atoms with E-state index in [4.69, 9.17) is 0 Å². The number of hydrogen-bond acceptors (Lipinski definition) is 5. The standard InChI is InChI=1S/C20H13F4N3O3/c21-12-5-3-4-11(10-12)8-9-27-17(13-6-1-2-7-14(13)28)25-18-15(19(27)29)16(26-30-18)20(22,23)24/h1-7,10,28H,8-9H2. The fourth-order valence-electron chi connectivity index (χ4n) is 3.14. The van der Waals surface area contributed by atoms with E-state index in [0.717, 1.165) is 4.57 Å². The summed E-state index contributed by atoms with van der Waals surface area (Å²) in [5.41, 5.74) is -2.43. The highest BCUT2D eigenvalue weighted by molar-refractivity contribution is 5.78. The summed E-state index contributed by atoms with van der Waals surface area (Å²) in [6, 6.07) is 11.6. The van der Waals surface area contributed by atoms with Crippen molar-refractivity contribution in [2.45, 2.75) is 19.1 Å². The maximum absolute atomic E-state index is 13.5. The minimum absolute atomic E-state index is 0.0909. The lowest BCUT2D eigenvalue weighted by atomic mass is 10.1. The minimum Gasteiger partial charge on any atom is -0.507 e. The molecule has 1 N–H and O–H groups in total. The van der Waals surface area contributed by atoms with E-state index in [9.17, 15) is 27.5 Å². The van der Waals surface area contributed by atoms with E-state index in [2.05, 4.69) is 14.7 Å². The lowest BCUT2D eigenvalue weighted by molar-refractivity contribution is -0.141. The van der Waals surface area contributed by atoms with Crippen molar-refractivity contribution in [3.05, 3.63) is 76.0 Å². The van der Waals surface area contributed by atoms with E-state index >= 15 is 0 Å². The van der Waals surface area contributed by atoms with E-state index in [1.165, 1.54) is 30.3 Å². The number of aryl methyl sites for hydroxylation is 1. The van der Waals surface area contributed by atoms with Gasteiger partial charge in [-0.25, -0.2) is 4.39 Å². The Labute approximate surface area is 166 Å². The Balaban J connectivity index is 1.92. The topological polar surface area (TPSA) is 81.2 Å². The van der Waals surface area contributed by atoms with Gasteiger partial charge in [0, 0.05) is 6.54 Å². The van der Waals surface area contributed by atoms with Crippen LogP contribution in [-0.4, -0.2) is 19.8 Å². The number of phenols is 1. The highest BCUT2D eigenvalue weighted by atomic mass is 19.4. The number of benzene rings is 2.